The highest BCUT2D eigenvalue weighted by Crippen LogP contribution is 2.25. The molecule has 1 N–H and O–H groups in total. The van der Waals surface area contributed by atoms with Gasteiger partial charge in [0.15, 0.2) is 5.16 Å². The Morgan fingerprint density at radius 1 is 1.73 bits per heavy atom. The molecule has 0 amide bonds. The van der Waals surface area contributed by atoms with Gasteiger partial charge in [0, 0.05) is 19.4 Å². The minimum Gasteiger partial charge on any atom is -0.477 e. The molecular weight excluding hydrogens is 212 g/mol. The lowest BCUT2D eigenvalue weighted by Crippen LogP contribution is -1.99. The first-order valence-corrected chi connectivity index (χ1v) is 5.55. The van der Waals surface area contributed by atoms with Crippen molar-refractivity contribution < 1.29 is 9.90 Å². The highest BCUT2D eigenvalue weighted by atomic mass is 32.2. The largest absolute Gasteiger partial charge is 0.477 e. The number of unbranched alkanes of at least 4 members (excludes halogenated alkanes) is 1. The van der Waals surface area contributed by atoms with Gasteiger partial charge in [0.05, 0.1) is 4.91 Å². The van der Waals surface area contributed by atoms with E-state index in [9.17, 15) is 4.79 Å². The van der Waals surface area contributed by atoms with Crippen molar-refractivity contribution in [2.45, 2.75) is 24.9 Å². The van der Waals surface area contributed by atoms with Crippen LogP contribution in [0.15, 0.2) is 28.5 Å². The molecule has 1 aromatic rings. The maximum absolute atomic E-state index is 10.9. The number of rotatable bonds is 5. The van der Waals surface area contributed by atoms with Crippen molar-refractivity contribution >= 4 is 17.7 Å². The number of carbonyl (C=O) groups is 1. The number of hydrogen-bond acceptors (Lipinski definition) is 3. The molecule has 0 aliphatic heterocycles. The molecule has 5 heteroatoms. The van der Waals surface area contributed by atoms with Crippen LogP contribution in [0.2, 0.25) is 0 Å². The number of imidazole rings is 1. The molecule has 1 rings (SSSR count). The molecule has 0 bridgehead atoms. The van der Waals surface area contributed by atoms with E-state index in [1.54, 1.807) is 23.0 Å². The quantitative estimate of drug-likeness (QED) is 0.618. The Hall–Kier alpha value is -1.23. The van der Waals surface area contributed by atoms with Gasteiger partial charge in [0.25, 0.3) is 0 Å². The normalized spacial score (nSPS) is 11.7. The summed E-state index contributed by atoms with van der Waals surface area (Å²) in [7, 11) is 1.84. The summed E-state index contributed by atoms with van der Waals surface area (Å²) in [5.74, 6) is -0.892. The van der Waals surface area contributed by atoms with Crippen molar-refractivity contribution in [3.8, 4) is 0 Å². The maximum atomic E-state index is 10.9. The Bertz CT molecular complexity index is 371. The molecule has 1 aromatic heterocycles. The monoisotopic (exact) mass is 226 g/mol. The van der Waals surface area contributed by atoms with E-state index in [0.717, 1.165) is 12.8 Å². The van der Waals surface area contributed by atoms with Crippen LogP contribution in [0.1, 0.15) is 19.8 Å². The van der Waals surface area contributed by atoms with Crippen LogP contribution in [0.4, 0.5) is 0 Å². The highest BCUT2D eigenvalue weighted by molar-refractivity contribution is 8.03. The van der Waals surface area contributed by atoms with Gasteiger partial charge in [0.1, 0.15) is 0 Å². The number of hydrogen-bond donors (Lipinski definition) is 1. The Balaban J connectivity index is 2.76. The topological polar surface area (TPSA) is 55.1 Å². The number of aromatic nitrogens is 2. The molecule has 0 aromatic carbocycles. The lowest BCUT2D eigenvalue weighted by atomic mass is 10.3. The first-order chi connectivity index (χ1) is 7.15. The minimum absolute atomic E-state index is 0.339. The maximum Gasteiger partial charge on any atom is 0.342 e. The molecule has 0 fully saturated rings. The second-order valence-electron chi connectivity index (χ2n) is 3.08. The minimum atomic E-state index is -0.892. The SMILES string of the molecule is CCCC=C(Sc1nccn1C)C(=O)O. The molecule has 0 radical (unpaired) electrons. The average Bonchev–Trinajstić information content (AvgIpc) is 2.58. The summed E-state index contributed by atoms with van der Waals surface area (Å²) in [6.07, 6.45) is 6.90. The highest BCUT2D eigenvalue weighted by Gasteiger charge is 2.11. The van der Waals surface area contributed by atoms with Gasteiger partial charge in [-0.2, -0.15) is 0 Å². The molecule has 4 nitrogen and oxygen atoms in total. The van der Waals surface area contributed by atoms with Crippen molar-refractivity contribution in [2.24, 2.45) is 7.05 Å². The fourth-order valence-electron chi connectivity index (χ4n) is 0.997. The van der Waals surface area contributed by atoms with E-state index < -0.39 is 5.97 Å². The Morgan fingerprint density at radius 3 is 2.93 bits per heavy atom. The number of carboxylic acid groups (broad SMARTS) is 1. The van der Waals surface area contributed by atoms with Gasteiger partial charge in [-0.3, -0.25) is 0 Å². The van der Waals surface area contributed by atoms with Gasteiger partial charge >= 0.3 is 5.97 Å². The summed E-state index contributed by atoms with van der Waals surface area (Å²) < 4.78 is 1.80. The van der Waals surface area contributed by atoms with E-state index in [2.05, 4.69) is 4.98 Å². The number of nitrogens with zero attached hydrogens (tertiary/aromatic N) is 2. The van der Waals surface area contributed by atoms with E-state index >= 15 is 0 Å². The molecular formula is C10H14N2O2S. The van der Waals surface area contributed by atoms with Gasteiger partial charge < -0.3 is 9.67 Å². The molecule has 1 heterocycles. The number of carboxylic acids is 1. The third-order valence-electron chi connectivity index (χ3n) is 1.81. The molecule has 0 aliphatic rings. The van der Waals surface area contributed by atoms with Gasteiger partial charge in [0.2, 0.25) is 0 Å². The van der Waals surface area contributed by atoms with Crippen LogP contribution in [0.5, 0.6) is 0 Å². The first-order valence-electron chi connectivity index (χ1n) is 4.73. The molecule has 82 valence electrons. The van der Waals surface area contributed by atoms with E-state index in [1.807, 2.05) is 14.0 Å². The van der Waals surface area contributed by atoms with E-state index in [4.69, 9.17) is 5.11 Å². The molecule has 0 spiro atoms. The zero-order valence-electron chi connectivity index (χ0n) is 8.80. The Labute approximate surface area is 93.0 Å². The van der Waals surface area contributed by atoms with Crippen LogP contribution >= 0.6 is 11.8 Å². The van der Waals surface area contributed by atoms with E-state index in [0.29, 0.717) is 10.1 Å². The van der Waals surface area contributed by atoms with Crippen LogP contribution in [0.25, 0.3) is 0 Å². The summed E-state index contributed by atoms with van der Waals surface area (Å²) >= 11 is 1.18. The summed E-state index contributed by atoms with van der Waals surface area (Å²) in [6, 6.07) is 0. The first kappa shape index (κ1) is 11.8. The zero-order chi connectivity index (χ0) is 11.3. The average molecular weight is 226 g/mol. The number of allylic oxidation sites excluding steroid dienone is 1. The van der Waals surface area contributed by atoms with Crippen molar-refractivity contribution in [3.63, 3.8) is 0 Å². The molecule has 0 aliphatic carbocycles. The fraction of sp³-hybridized carbons (Fsp3) is 0.400. The van der Waals surface area contributed by atoms with Crippen LogP contribution in [-0.4, -0.2) is 20.6 Å². The Morgan fingerprint density at radius 2 is 2.47 bits per heavy atom. The van der Waals surface area contributed by atoms with E-state index in [-0.39, 0.29) is 0 Å². The Kier molecular flexibility index (Phi) is 4.42. The molecule has 0 atom stereocenters. The summed E-state index contributed by atoms with van der Waals surface area (Å²) in [5.41, 5.74) is 0. The second-order valence-corrected chi connectivity index (χ2v) is 4.09. The predicted octanol–water partition coefficient (Wildman–Crippen LogP) is 2.28. The van der Waals surface area contributed by atoms with Gasteiger partial charge in [-0.1, -0.05) is 19.4 Å². The van der Waals surface area contributed by atoms with Crippen molar-refractivity contribution in [1.29, 1.82) is 0 Å². The number of thioether (sulfide) groups is 1. The van der Waals surface area contributed by atoms with Gasteiger partial charge in [-0.25, -0.2) is 9.78 Å². The van der Waals surface area contributed by atoms with Gasteiger partial charge in [-0.15, -0.1) is 0 Å². The second kappa shape index (κ2) is 5.60. The number of aliphatic carboxylic acids is 1. The van der Waals surface area contributed by atoms with Crippen LogP contribution in [0, 0.1) is 0 Å². The molecule has 0 unspecified atom stereocenters. The van der Waals surface area contributed by atoms with Gasteiger partial charge in [-0.05, 0) is 18.2 Å². The molecule has 0 saturated carbocycles. The zero-order valence-corrected chi connectivity index (χ0v) is 9.62. The van der Waals surface area contributed by atoms with Crippen molar-refractivity contribution in [2.75, 3.05) is 0 Å². The third kappa shape index (κ3) is 3.43. The summed E-state index contributed by atoms with van der Waals surface area (Å²) in [4.78, 5) is 15.3. The standard InChI is InChI=1S/C10H14N2O2S/c1-3-4-5-8(9(13)14)15-10-11-6-7-12(10)2/h5-7H,3-4H2,1-2H3,(H,13,14). The number of aryl methyl sites for hydroxylation is 1. The molecule has 15 heavy (non-hydrogen) atoms. The van der Waals surface area contributed by atoms with Crippen molar-refractivity contribution in [1.82, 2.24) is 9.55 Å². The van der Waals surface area contributed by atoms with Crippen LogP contribution < -0.4 is 0 Å². The molecule has 0 saturated heterocycles. The lowest BCUT2D eigenvalue weighted by molar-refractivity contribution is -0.131. The van der Waals surface area contributed by atoms with Crippen molar-refractivity contribution in [3.05, 3.63) is 23.4 Å². The smallest absolute Gasteiger partial charge is 0.342 e. The summed E-state index contributed by atoms with van der Waals surface area (Å²) in [6.45, 7) is 2.02. The van der Waals surface area contributed by atoms with Crippen LogP contribution in [0.3, 0.4) is 0 Å². The van der Waals surface area contributed by atoms with E-state index in [1.165, 1.54) is 11.8 Å². The predicted molar refractivity (Wildman–Crippen MR) is 59.7 cm³/mol. The third-order valence-corrected chi connectivity index (χ3v) is 2.94. The lowest BCUT2D eigenvalue weighted by Gasteiger charge is -2.01. The van der Waals surface area contributed by atoms with Crippen LogP contribution in [-0.2, 0) is 11.8 Å². The summed E-state index contributed by atoms with van der Waals surface area (Å²) in [5, 5.41) is 9.66. The fourth-order valence-corrected chi connectivity index (χ4v) is 1.80.